The molecule has 1 saturated heterocycles. The molecule has 0 spiro atoms. The molecule has 2 aromatic rings. The zero-order valence-corrected chi connectivity index (χ0v) is 14.6. The van der Waals surface area contributed by atoms with E-state index < -0.39 is 10.0 Å². The second-order valence-electron chi connectivity index (χ2n) is 6.40. The van der Waals surface area contributed by atoms with E-state index in [2.05, 4.69) is 45.6 Å². The van der Waals surface area contributed by atoms with Crippen LogP contribution < -0.4 is 4.72 Å². The molecule has 0 saturated carbocycles. The Morgan fingerprint density at radius 3 is 2.61 bits per heavy atom. The summed E-state index contributed by atoms with van der Waals surface area (Å²) in [4.78, 5) is 2.37. The number of aromatic nitrogens is 1. The standard InChI is InChI=1S/C17H25N3O2S/c1-18-23(21,22)12-11-20-13-16(14-7-9-19(2)10-8-14)15-5-3-4-6-17(15)20/h3-6,13-14,18H,7-12H2,1-2H3. The Morgan fingerprint density at radius 2 is 1.91 bits per heavy atom. The van der Waals surface area contributed by atoms with Crippen molar-refractivity contribution in [1.82, 2.24) is 14.2 Å². The minimum atomic E-state index is -3.19. The monoisotopic (exact) mass is 335 g/mol. The second-order valence-corrected chi connectivity index (χ2v) is 8.44. The summed E-state index contributed by atoms with van der Waals surface area (Å²) >= 11 is 0. The average Bonchev–Trinajstić information content (AvgIpc) is 2.93. The maximum Gasteiger partial charge on any atom is 0.213 e. The van der Waals surface area contributed by atoms with Crippen molar-refractivity contribution in [3.8, 4) is 0 Å². The molecule has 23 heavy (non-hydrogen) atoms. The van der Waals surface area contributed by atoms with E-state index >= 15 is 0 Å². The van der Waals surface area contributed by atoms with E-state index in [9.17, 15) is 8.42 Å². The molecule has 1 aliphatic heterocycles. The molecule has 0 atom stereocenters. The summed E-state index contributed by atoms with van der Waals surface area (Å²) in [6.07, 6.45) is 4.50. The molecule has 0 unspecified atom stereocenters. The van der Waals surface area contributed by atoms with Gasteiger partial charge in [0, 0.05) is 23.6 Å². The van der Waals surface area contributed by atoms with Crippen LogP contribution in [0.15, 0.2) is 30.5 Å². The van der Waals surface area contributed by atoms with E-state index in [1.54, 1.807) is 0 Å². The molecular formula is C17H25N3O2S. The number of piperidine rings is 1. The number of rotatable bonds is 5. The van der Waals surface area contributed by atoms with Gasteiger partial charge in [0.15, 0.2) is 0 Å². The van der Waals surface area contributed by atoms with Gasteiger partial charge in [-0.15, -0.1) is 0 Å². The van der Waals surface area contributed by atoms with Gasteiger partial charge in [0.05, 0.1) is 5.75 Å². The number of hydrogen-bond acceptors (Lipinski definition) is 3. The molecule has 0 bridgehead atoms. The molecule has 1 fully saturated rings. The highest BCUT2D eigenvalue weighted by Crippen LogP contribution is 2.34. The lowest BCUT2D eigenvalue weighted by atomic mass is 9.89. The van der Waals surface area contributed by atoms with Crippen LogP contribution in [0.1, 0.15) is 24.3 Å². The fraction of sp³-hybridized carbons (Fsp3) is 0.529. The van der Waals surface area contributed by atoms with Crippen LogP contribution in [0.3, 0.4) is 0 Å². The third-order valence-corrected chi connectivity index (χ3v) is 6.23. The van der Waals surface area contributed by atoms with Crippen LogP contribution >= 0.6 is 0 Å². The van der Waals surface area contributed by atoms with E-state index in [1.165, 1.54) is 30.8 Å². The normalized spacial score (nSPS) is 17.8. The molecule has 1 aromatic heterocycles. The fourth-order valence-electron chi connectivity index (χ4n) is 3.43. The Kier molecular flexibility index (Phi) is 4.75. The van der Waals surface area contributed by atoms with E-state index in [4.69, 9.17) is 0 Å². The summed E-state index contributed by atoms with van der Waals surface area (Å²) in [5, 5.41) is 1.27. The Morgan fingerprint density at radius 1 is 1.22 bits per heavy atom. The van der Waals surface area contributed by atoms with Crippen molar-refractivity contribution in [2.75, 3.05) is 32.9 Å². The highest BCUT2D eigenvalue weighted by molar-refractivity contribution is 7.89. The van der Waals surface area contributed by atoms with Crippen molar-refractivity contribution in [3.63, 3.8) is 0 Å². The first-order valence-corrected chi connectivity index (χ1v) is 9.83. The van der Waals surface area contributed by atoms with Gasteiger partial charge in [-0.2, -0.15) is 0 Å². The predicted molar refractivity (Wildman–Crippen MR) is 94.3 cm³/mol. The maximum atomic E-state index is 11.7. The topological polar surface area (TPSA) is 54.3 Å². The summed E-state index contributed by atoms with van der Waals surface area (Å²) in [5.74, 6) is 0.674. The quantitative estimate of drug-likeness (QED) is 0.909. The molecular weight excluding hydrogens is 310 g/mol. The van der Waals surface area contributed by atoms with Gasteiger partial charge >= 0.3 is 0 Å². The minimum absolute atomic E-state index is 0.106. The molecule has 2 heterocycles. The molecule has 6 heteroatoms. The lowest BCUT2D eigenvalue weighted by Crippen LogP contribution is -2.29. The second kappa shape index (κ2) is 6.63. The first-order valence-electron chi connectivity index (χ1n) is 8.18. The van der Waals surface area contributed by atoms with E-state index in [1.807, 2.05) is 6.07 Å². The van der Waals surface area contributed by atoms with Crippen molar-refractivity contribution in [3.05, 3.63) is 36.0 Å². The zero-order chi connectivity index (χ0) is 16.4. The van der Waals surface area contributed by atoms with Crippen molar-refractivity contribution in [2.24, 2.45) is 0 Å². The van der Waals surface area contributed by atoms with Crippen LogP contribution in [-0.4, -0.2) is 50.8 Å². The minimum Gasteiger partial charge on any atom is -0.346 e. The number of aryl methyl sites for hydroxylation is 1. The molecule has 0 amide bonds. The van der Waals surface area contributed by atoms with Gasteiger partial charge < -0.3 is 9.47 Å². The summed E-state index contributed by atoms with van der Waals surface area (Å²) in [6.45, 7) is 2.73. The number of nitrogens with one attached hydrogen (secondary N) is 1. The Labute approximate surface area is 138 Å². The highest BCUT2D eigenvalue weighted by atomic mass is 32.2. The summed E-state index contributed by atoms with van der Waals surface area (Å²) in [6, 6.07) is 8.32. The van der Waals surface area contributed by atoms with Gasteiger partial charge in [-0.25, -0.2) is 13.1 Å². The molecule has 1 aromatic carbocycles. The van der Waals surface area contributed by atoms with E-state index in [0.717, 1.165) is 18.6 Å². The molecule has 126 valence electrons. The number of sulfonamides is 1. The number of fused-ring (bicyclic) bond motifs is 1. The SMILES string of the molecule is CNS(=O)(=O)CCn1cc(C2CCN(C)CC2)c2ccccc21. The van der Waals surface area contributed by atoms with Gasteiger partial charge in [0.2, 0.25) is 10.0 Å². The third-order valence-electron chi connectivity index (χ3n) is 4.89. The number of likely N-dealkylation sites (tertiary alicyclic amines) is 1. The summed E-state index contributed by atoms with van der Waals surface area (Å²) < 4.78 is 27.9. The first kappa shape index (κ1) is 16.5. The van der Waals surface area contributed by atoms with Crippen LogP contribution in [0, 0.1) is 0 Å². The zero-order valence-electron chi connectivity index (χ0n) is 13.8. The van der Waals surface area contributed by atoms with Gasteiger partial charge in [-0.1, -0.05) is 18.2 Å². The van der Waals surface area contributed by atoms with Crippen LogP contribution in [0.5, 0.6) is 0 Å². The molecule has 1 N–H and O–H groups in total. The number of benzene rings is 1. The predicted octanol–water partition coefficient (Wildman–Crippen LogP) is 2.00. The van der Waals surface area contributed by atoms with Crippen LogP contribution in [-0.2, 0) is 16.6 Å². The lowest BCUT2D eigenvalue weighted by molar-refractivity contribution is 0.256. The average molecular weight is 335 g/mol. The van der Waals surface area contributed by atoms with Crippen LogP contribution in [0.25, 0.3) is 10.9 Å². The van der Waals surface area contributed by atoms with Crippen molar-refractivity contribution in [2.45, 2.75) is 25.3 Å². The Bertz CT molecular complexity index is 774. The van der Waals surface area contributed by atoms with Crippen LogP contribution in [0.4, 0.5) is 0 Å². The van der Waals surface area contributed by atoms with Crippen molar-refractivity contribution >= 4 is 20.9 Å². The Hall–Kier alpha value is -1.37. The lowest BCUT2D eigenvalue weighted by Gasteiger charge is -2.28. The largest absolute Gasteiger partial charge is 0.346 e. The fourth-order valence-corrected chi connectivity index (χ4v) is 4.07. The van der Waals surface area contributed by atoms with Crippen molar-refractivity contribution < 1.29 is 8.42 Å². The smallest absolute Gasteiger partial charge is 0.213 e. The first-order chi connectivity index (χ1) is 11.0. The molecule has 3 rings (SSSR count). The maximum absolute atomic E-state index is 11.7. The highest BCUT2D eigenvalue weighted by Gasteiger charge is 2.22. The van der Waals surface area contributed by atoms with Gasteiger partial charge in [-0.05, 0) is 57.6 Å². The van der Waals surface area contributed by atoms with E-state index in [-0.39, 0.29) is 5.75 Å². The molecule has 1 aliphatic rings. The molecule has 0 aliphatic carbocycles. The third kappa shape index (κ3) is 3.59. The molecule has 5 nitrogen and oxygen atoms in total. The summed E-state index contributed by atoms with van der Waals surface area (Å²) in [5.41, 5.74) is 2.50. The van der Waals surface area contributed by atoms with E-state index in [0.29, 0.717) is 12.5 Å². The number of nitrogens with zero attached hydrogens (tertiary/aromatic N) is 2. The van der Waals surface area contributed by atoms with Gasteiger partial charge in [0.1, 0.15) is 0 Å². The number of para-hydroxylation sites is 1. The summed E-state index contributed by atoms with van der Waals surface area (Å²) in [7, 11) is 0.447. The van der Waals surface area contributed by atoms with Crippen LogP contribution in [0.2, 0.25) is 0 Å². The Balaban J connectivity index is 1.91. The van der Waals surface area contributed by atoms with Gasteiger partial charge in [0.25, 0.3) is 0 Å². The van der Waals surface area contributed by atoms with Gasteiger partial charge in [-0.3, -0.25) is 0 Å². The van der Waals surface area contributed by atoms with Crippen molar-refractivity contribution in [1.29, 1.82) is 0 Å². The number of hydrogen-bond donors (Lipinski definition) is 1. The molecule has 0 radical (unpaired) electrons.